The van der Waals surface area contributed by atoms with Crippen molar-refractivity contribution in [3.63, 3.8) is 0 Å². The summed E-state index contributed by atoms with van der Waals surface area (Å²) >= 11 is 4.01. The normalized spacial score (nSPS) is 15.6. The molecule has 1 atom stereocenters. The SMILES string of the molecule is CC(S)C(=O)Nc1ccc2c(c1)C(=O)N(C)C2=O. The molecular weight excluding hydrogens is 252 g/mol. The molecule has 5 nitrogen and oxygen atoms in total. The number of anilines is 1. The van der Waals surface area contributed by atoms with E-state index in [-0.39, 0.29) is 17.7 Å². The zero-order chi connectivity index (χ0) is 13.4. The molecule has 0 aromatic heterocycles. The summed E-state index contributed by atoms with van der Waals surface area (Å²) < 4.78 is 0. The minimum atomic E-state index is -0.446. The van der Waals surface area contributed by atoms with Crippen LogP contribution in [0.3, 0.4) is 0 Å². The van der Waals surface area contributed by atoms with Crippen molar-refractivity contribution in [2.24, 2.45) is 0 Å². The average molecular weight is 264 g/mol. The van der Waals surface area contributed by atoms with Crippen molar-refractivity contribution >= 4 is 36.0 Å². The van der Waals surface area contributed by atoms with Crippen LogP contribution < -0.4 is 5.32 Å². The molecule has 2 rings (SSSR count). The predicted molar refractivity (Wildman–Crippen MR) is 69.9 cm³/mol. The van der Waals surface area contributed by atoms with E-state index in [0.717, 1.165) is 4.90 Å². The number of benzene rings is 1. The standard InChI is InChI=1S/C12H12N2O3S/c1-6(18)10(15)13-7-3-4-8-9(5-7)12(17)14(2)11(8)16/h3-6,18H,1-2H3,(H,13,15). The second kappa shape index (κ2) is 4.45. The highest BCUT2D eigenvalue weighted by molar-refractivity contribution is 7.81. The lowest BCUT2D eigenvalue weighted by Gasteiger charge is -2.07. The minimum absolute atomic E-state index is 0.261. The van der Waals surface area contributed by atoms with Crippen LogP contribution >= 0.6 is 12.6 Å². The van der Waals surface area contributed by atoms with Gasteiger partial charge in [0.2, 0.25) is 5.91 Å². The van der Waals surface area contributed by atoms with E-state index in [2.05, 4.69) is 17.9 Å². The minimum Gasteiger partial charge on any atom is -0.325 e. The number of fused-ring (bicyclic) bond motifs is 1. The fourth-order valence-corrected chi connectivity index (χ4v) is 1.75. The summed E-state index contributed by atoms with van der Waals surface area (Å²) in [5.41, 5.74) is 1.16. The molecule has 0 saturated heterocycles. The third-order valence-corrected chi connectivity index (χ3v) is 2.97. The van der Waals surface area contributed by atoms with Gasteiger partial charge in [-0.25, -0.2) is 0 Å². The first-order valence-electron chi connectivity index (χ1n) is 5.37. The second-order valence-corrected chi connectivity index (χ2v) is 4.87. The summed E-state index contributed by atoms with van der Waals surface area (Å²) in [5, 5.41) is 2.18. The van der Waals surface area contributed by atoms with E-state index < -0.39 is 5.25 Å². The molecule has 0 fully saturated rings. The van der Waals surface area contributed by atoms with Crippen LogP contribution in [0.1, 0.15) is 27.6 Å². The molecule has 94 valence electrons. The molecule has 0 bridgehead atoms. The molecule has 1 aromatic carbocycles. The molecule has 1 aliphatic heterocycles. The maximum Gasteiger partial charge on any atom is 0.261 e. The van der Waals surface area contributed by atoms with Gasteiger partial charge in [0.15, 0.2) is 0 Å². The number of nitrogens with zero attached hydrogens (tertiary/aromatic N) is 1. The molecule has 1 aliphatic rings. The van der Waals surface area contributed by atoms with Crippen LogP contribution in [0.2, 0.25) is 0 Å². The maximum atomic E-state index is 11.8. The number of hydrogen-bond donors (Lipinski definition) is 2. The predicted octanol–water partition coefficient (Wildman–Crippen LogP) is 1.17. The molecular formula is C12H12N2O3S. The van der Waals surface area contributed by atoms with Gasteiger partial charge in [0, 0.05) is 12.7 Å². The van der Waals surface area contributed by atoms with Gasteiger partial charge in [-0.15, -0.1) is 0 Å². The highest BCUT2D eigenvalue weighted by Gasteiger charge is 2.32. The van der Waals surface area contributed by atoms with Gasteiger partial charge in [-0.1, -0.05) is 0 Å². The zero-order valence-corrected chi connectivity index (χ0v) is 10.8. The summed E-state index contributed by atoms with van der Waals surface area (Å²) in [6.45, 7) is 1.65. The Labute approximate surface area is 110 Å². The Morgan fingerprint density at radius 1 is 1.28 bits per heavy atom. The Morgan fingerprint density at radius 3 is 2.50 bits per heavy atom. The van der Waals surface area contributed by atoms with Crippen LogP contribution in [-0.4, -0.2) is 34.9 Å². The highest BCUT2D eigenvalue weighted by Crippen LogP contribution is 2.24. The van der Waals surface area contributed by atoms with Crippen LogP contribution in [0.25, 0.3) is 0 Å². The molecule has 18 heavy (non-hydrogen) atoms. The number of carbonyl (C=O) groups excluding carboxylic acids is 3. The van der Waals surface area contributed by atoms with Gasteiger partial charge in [0.1, 0.15) is 0 Å². The van der Waals surface area contributed by atoms with Gasteiger partial charge in [0.25, 0.3) is 11.8 Å². The lowest BCUT2D eigenvalue weighted by atomic mass is 10.1. The Kier molecular flexibility index (Phi) is 3.13. The Morgan fingerprint density at radius 2 is 1.89 bits per heavy atom. The largest absolute Gasteiger partial charge is 0.325 e. The quantitative estimate of drug-likeness (QED) is 0.622. The summed E-state index contributed by atoms with van der Waals surface area (Å²) in [4.78, 5) is 35.9. The lowest BCUT2D eigenvalue weighted by molar-refractivity contribution is -0.115. The van der Waals surface area contributed by atoms with Crippen molar-refractivity contribution in [2.75, 3.05) is 12.4 Å². The van der Waals surface area contributed by atoms with Crippen LogP contribution in [-0.2, 0) is 4.79 Å². The van der Waals surface area contributed by atoms with E-state index in [9.17, 15) is 14.4 Å². The lowest BCUT2D eigenvalue weighted by Crippen LogP contribution is -2.24. The van der Waals surface area contributed by atoms with Crippen molar-refractivity contribution in [3.8, 4) is 0 Å². The van der Waals surface area contributed by atoms with E-state index in [1.807, 2.05) is 0 Å². The Bertz CT molecular complexity index is 554. The summed E-state index contributed by atoms with van der Waals surface area (Å²) in [6.07, 6.45) is 0. The first-order chi connectivity index (χ1) is 8.41. The van der Waals surface area contributed by atoms with Crippen molar-refractivity contribution < 1.29 is 14.4 Å². The van der Waals surface area contributed by atoms with Gasteiger partial charge in [-0.2, -0.15) is 12.6 Å². The zero-order valence-electron chi connectivity index (χ0n) is 9.93. The summed E-state index contributed by atoms with van der Waals surface area (Å²) in [7, 11) is 1.43. The smallest absolute Gasteiger partial charge is 0.261 e. The van der Waals surface area contributed by atoms with Crippen LogP contribution in [0.4, 0.5) is 5.69 Å². The number of amides is 3. The number of thiol groups is 1. The van der Waals surface area contributed by atoms with Crippen LogP contribution in [0.15, 0.2) is 18.2 Å². The second-order valence-electron chi connectivity index (χ2n) is 4.09. The monoisotopic (exact) mass is 264 g/mol. The molecule has 1 N–H and O–H groups in total. The molecule has 1 aromatic rings. The Hall–Kier alpha value is -1.82. The van der Waals surface area contributed by atoms with E-state index >= 15 is 0 Å². The first-order valence-corrected chi connectivity index (χ1v) is 5.89. The average Bonchev–Trinajstić information content (AvgIpc) is 2.54. The van der Waals surface area contributed by atoms with Crippen molar-refractivity contribution in [1.29, 1.82) is 0 Å². The van der Waals surface area contributed by atoms with Crippen molar-refractivity contribution in [3.05, 3.63) is 29.3 Å². The molecule has 1 heterocycles. The topological polar surface area (TPSA) is 66.5 Å². The highest BCUT2D eigenvalue weighted by atomic mass is 32.1. The van der Waals surface area contributed by atoms with Crippen molar-refractivity contribution in [1.82, 2.24) is 4.90 Å². The van der Waals surface area contributed by atoms with Gasteiger partial charge >= 0.3 is 0 Å². The van der Waals surface area contributed by atoms with Crippen LogP contribution in [0.5, 0.6) is 0 Å². The van der Waals surface area contributed by atoms with Gasteiger partial charge in [-0.3, -0.25) is 19.3 Å². The number of carbonyl (C=O) groups is 3. The third-order valence-electron chi connectivity index (χ3n) is 2.74. The maximum absolute atomic E-state index is 11.8. The van der Waals surface area contributed by atoms with Crippen LogP contribution in [0, 0.1) is 0 Å². The fraction of sp³-hybridized carbons (Fsp3) is 0.250. The number of imide groups is 1. The molecule has 3 amide bonds. The van der Waals surface area contributed by atoms with Gasteiger partial charge in [-0.05, 0) is 25.1 Å². The van der Waals surface area contributed by atoms with E-state index in [0.29, 0.717) is 16.8 Å². The third kappa shape index (κ3) is 1.99. The summed E-state index contributed by atoms with van der Waals surface area (Å²) in [5.74, 6) is -0.941. The molecule has 0 spiro atoms. The number of hydrogen-bond acceptors (Lipinski definition) is 4. The number of rotatable bonds is 2. The fourth-order valence-electron chi connectivity index (χ4n) is 1.69. The molecule has 0 saturated carbocycles. The van der Waals surface area contributed by atoms with E-state index in [1.54, 1.807) is 13.0 Å². The molecule has 0 aliphatic carbocycles. The Balaban J connectivity index is 2.32. The first kappa shape index (κ1) is 12.6. The van der Waals surface area contributed by atoms with Gasteiger partial charge in [0.05, 0.1) is 16.4 Å². The van der Waals surface area contributed by atoms with E-state index in [4.69, 9.17) is 0 Å². The van der Waals surface area contributed by atoms with Gasteiger partial charge < -0.3 is 5.32 Å². The van der Waals surface area contributed by atoms with Crippen molar-refractivity contribution in [2.45, 2.75) is 12.2 Å². The molecule has 1 unspecified atom stereocenters. The van der Waals surface area contributed by atoms with E-state index in [1.165, 1.54) is 19.2 Å². The number of nitrogens with one attached hydrogen (secondary N) is 1. The molecule has 6 heteroatoms. The summed E-state index contributed by atoms with van der Waals surface area (Å²) in [6, 6.07) is 4.64. The molecule has 0 radical (unpaired) electrons.